The number of H-pyrrole nitrogens is 1. The maximum absolute atomic E-state index is 9.47. The van der Waals surface area contributed by atoms with E-state index in [-0.39, 0.29) is 11.5 Å². The molecule has 0 atom stereocenters. The number of nitrogens with zero attached hydrogens (tertiary/aromatic N) is 1. The molecular formula is C10H17N3O. The molecule has 1 aliphatic carbocycles. The van der Waals surface area contributed by atoms with Crippen molar-refractivity contribution in [2.75, 3.05) is 6.54 Å². The average molecular weight is 195 g/mol. The zero-order chi connectivity index (χ0) is 10.0. The molecule has 1 saturated carbocycles. The van der Waals surface area contributed by atoms with Crippen LogP contribution in [0.1, 0.15) is 31.2 Å². The van der Waals surface area contributed by atoms with Crippen molar-refractivity contribution >= 4 is 0 Å². The van der Waals surface area contributed by atoms with Crippen molar-refractivity contribution in [3.8, 4) is 0 Å². The molecule has 1 heterocycles. The second-order valence-corrected chi connectivity index (χ2v) is 4.20. The average Bonchev–Trinajstić information content (AvgIpc) is 2.73. The third-order valence-electron chi connectivity index (χ3n) is 3.41. The highest BCUT2D eigenvalue weighted by Crippen LogP contribution is 2.38. The molecule has 0 radical (unpaired) electrons. The van der Waals surface area contributed by atoms with Crippen LogP contribution in [0.2, 0.25) is 0 Å². The summed E-state index contributed by atoms with van der Waals surface area (Å²) in [5, 5.41) is 16.3. The van der Waals surface area contributed by atoms with E-state index < -0.39 is 0 Å². The molecule has 1 aromatic heterocycles. The summed E-state index contributed by atoms with van der Waals surface area (Å²) >= 11 is 0. The van der Waals surface area contributed by atoms with E-state index in [2.05, 4.69) is 10.2 Å². The van der Waals surface area contributed by atoms with Crippen LogP contribution in [0.25, 0.3) is 0 Å². The van der Waals surface area contributed by atoms with Crippen LogP contribution in [0.5, 0.6) is 0 Å². The van der Waals surface area contributed by atoms with Gasteiger partial charge >= 0.3 is 0 Å². The molecule has 1 fully saturated rings. The standard InChI is InChI=1S/C10H17N3O/c11-7-10(8-5-12-13-6-8)3-1-9(14)2-4-10/h5-6,9,14H,1-4,7,11H2,(H,12,13). The number of hydrogen-bond donors (Lipinski definition) is 3. The van der Waals surface area contributed by atoms with Crippen molar-refractivity contribution in [1.29, 1.82) is 0 Å². The van der Waals surface area contributed by atoms with Gasteiger partial charge in [0.15, 0.2) is 0 Å². The van der Waals surface area contributed by atoms with Gasteiger partial charge in [-0.15, -0.1) is 0 Å². The van der Waals surface area contributed by atoms with Crippen molar-refractivity contribution < 1.29 is 5.11 Å². The quantitative estimate of drug-likeness (QED) is 0.644. The fraction of sp³-hybridized carbons (Fsp3) is 0.700. The summed E-state index contributed by atoms with van der Waals surface area (Å²) in [6.07, 6.45) is 7.26. The topological polar surface area (TPSA) is 74.9 Å². The number of hydrogen-bond acceptors (Lipinski definition) is 3. The molecule has 0 bridgehead atoms. The molecule has 1 aliphatic rings. The summed E-state index contributed by atoms with van der Waals surface area (Å²) in [4.78, 5) is 0. The van der Waals surface area contributed by atoms with Crippen molar-refractivity contribution in [2.24, 2.45) is 5.73 Å². The van der Waals surface area contributed by atoms with Crippen LogP contribution < -0.4 is 5.73 Å². The maximum Gasteiger partial charge on any atom is 0.0541 e. The van der Waals surface area contributed by atoms with E-state index in [1.807, 2.05) is 12.4 Å². The summed E-state index contributed by atoms with van der Waals surface area (Å²) in [6.45, 7) is 0.638. The van der Waals surface area contributed by atoms with Gasteiger partial charge in [0.1, 0.15) is 0 Å². The number of nitrogens with two attached hydrogens (primary N) is 1. The van der Waals surface area contributed by atoms with E-state index in [1.54, 1.807) is 0 Å². The van der Waals surface area contributed by atoms with Gasteiger partial charge in [0, 0.05) is 18.2 Å². The van der Waals surface area contributed by atoms with Crippen molar-refractivity contribution in [1.82, 2.24) is 10.2 Å². The van der Waals surface area contributed by atoms with Gasteiger partial charge in [0.25, 0.3) is 0 Å². The lowest BCUT2D eigenvalue weighted by Gasteiger charge is -2.37. The molecule has 78 valence electrons. The minimum atomic E-state index is -0.137. The third-order valence-corrected chi connectivity index (χ3v) is 3.41. The first-order valence-electron chi connectivity index (χ1n) is 5.14. The van der Waals surface area contributed by atoms with Crippen LogP contribution in [0.15, 0.2) is 12.4 Å². The van der Waals surface area contributed by atoms with Gasteiger partial charge in [-0.2, -0.15) is 5.10 Å². The monoisotopic (exact) mass is 195 g/mol. The van der Waals surface area contributed by atoms with Crippen LogP contribution in [-0.2, 0) is 5.41 Å². The zero-order valence-corrected chi connectivity index (χ0v) is 8.24. The SMILES string of the molecule is NCC1(c2cn[nH]c2)CCC(O)CC1. The Bertz CT molecular complexity index is 276. The largest absolute Gasteiger partial charge is 0.393 e. The number of aliphatic hydroxyl groups excluding tert-OH is 1. The molecule has 4 N–H and O–H groups in total. The first-order valence-corrected chi connectivity index (χ1v) is 5.14. The van der Waals surface area contributed by atoms with Crippen LogP contribution >= 0.6 is 0 Å². The lowest BCUT2D eigenvalue weighted by molar-refractivity contribution is 0.0975. The first kappa shape index (κ1) is 9.68. The van der Waals surface area contributed by atoms with Gasteiger partial charge in [-0.25, -0.2) is 0 Å². The predicted molar refractivity (Wildman–Crippen MR) is 53.8 cm³/mol. The van der Waals surface area contributed by atoms with E-state index in [1.165, 1.54) is 5.56 Å². The molecule has 1 aromatic rings. The Morgan fingerprint density at radius 3 is 2.79 bits per heavy atom. The Kier molecular flexibility index (Phi) is 2.56. The molecule has 4 heteroatoms. The van der Waals surface area contributed by atoms with Crippen molar-refractivity contribution in [3.63, 3.8) is 0 Å². The number of aromatic nitrogens is 2. The minimum absolute atomic E-state index is 0.0478. The van der Waals surface area contributed by atoms with E-state index >= 15 is 0 Å². The number of rotatable bonds is 2. The Morgan fingerprint density at radius 1 is 1.57 bits per heavy atom. The molecule has 0 amide bonds. The van der Waals surface area contributed by atoms with E-state index in [9.17, 15) is 5.11 Å². The van der Waals surface area contributed by atoms with Gasteiger partial charge in [-0.1, -0.05) is 0 Å². The second kappa shape index (κ2) is 3.71. The summed E-state index contributed by atoms with van der Waals surface area (Å²) < 4.78 is 0. The zero-order valence-electron chi connectivity index (χ0n) is 8.24. The Labute approximate surface area is 83.5 Å². The molecule has 0 spiro atoms. The molecule has 0 unspecified atom stereocenters. The van der Waals surface area contributed by atoms with Crippen molar-refractivity contribution in [2.45, 2.75) is 37.2 Å². The molecule has 4 nitrogen and oxygen atoms in total. The number of aromatic amines is 1. The van der Waals surface area contributed by atoms with Crippen LogP contribution in [0.3, 0.4) is 0 Å². The second-order valence-electron chi connectivity index (χ2n) is 4.20. The molecular weight excluding hydrogens is 178 g/mol. The summed E-state index contributed by atoms with van der Waals surface area (Å²) in [7, 11) is 0. The lowest BCUT2D eigenvalue weighted by atomic mass is 9.70. The van der Waals surface area contributed by atoms with Crippen LogP contribution in [-0.4, -0.2) is 28.0 Å². The van der Waals surface area contributed by atoms with Gasteiger partial charge in [0.05, 0.1) is 12.3 Å². The predicted octanol–water partition coefficient (Wildman–Crippen LogP) is 0.541. The fourth-order valence-corrected chi connectivity index (χ4v) is 2.31. The van der Waals surface area contributed by atoms with Crippen LogP contribution in [0.4, 0.5) is 0 Å². The number of aliphatic hydroxyl groups is 1. The van der Waals surface area contributed by atoms with E-state index in [4.69, 9.17) is 5.73 Å². The highest BCUT2D eigenvalue weighted by atomic mass is 16.3. The fourth-order valence-electron chi connectivity index (χ4n) is 2.31. The third kappa shape index (κ3) is 1.55. The van der Waals surface area contributed by atoms with Gasteiger partial charge < -0.3 is 10.8 Å². The summed E-state index contributed by atoms with van der Waals surface area (Å²) in [6, 6.07) is 0. The van der Waals surface area contributed by atoms with E-state index in [0.717, 1.165) is 25.7 Å². The van der Waals surface area contributed by atoms with Crippen LogP contribution in [0, 0.1) is 0 Å². The molecule has 2 rings (SSSR count). The Morgan fingerprint density at radius 2 is 2.29 bits per heavy atom. The van der Waals surface area contributed by atoms with Gasteiger partial charge in [0.2, 0.25) is 0 Å². The Balaban J connectivity index is 2.19. The minimum Gasteiger partial charge on any atom is -0.393 e. The number of nitrogens with one attached hydrogen (secondary N) is 1. The summed E-state index contributed by atoms with van der Waals surface area (Å²) in [5.41, 5.74) is 7.09. The van der Waals surface area contributed by atoms with Crippen molar-refractivity contribution in [3.05, 3.63) is 18.0 Å². The van der Waals surface area contributed by atoms with Gasteiger partial charge in [-0.3, -0.25) is 5.10 Å². The lowest BCUT2D eigenvalue weighted by Crippen LogP contribution is -2.39. The molecule has 0 aromatic carbocycles. The first-order chi connectivity index (χ1) is 6.77. The molecule has 0 aliphatic heterocycles. The normalized spacial score (nSPS) is 33.1. The van der Waals surface area contributed by atoms with E-state index in [0.29, 0.717) is 6.54 Å². The summed E-state index contributed by atoms with van der Waals surface area (Å²) in [5.74, 6) is 0. The molecule has 0 saturated heterocycles. The highest BCUT2D eigenvalue weighted by Gasteiger charge is 2.35. The highest BCUT2D eigenvalue weighted by molar-refractivity contribution is 5.20. The Hall–Kier alpha value is -0.870. The van der Waals surface area contributed by atoms with Gasteiger partial charge in [-0.05, 0) is 31.2 Å². The molecule has 14 heavy (non-hydrogen) atoms. The smallest absolute Gasteiger partial charge is 0.0541 e. The maximum atomic E-state index is 9.47.